The summed E-state index contributed by atoms with van der Waals surface area (Å²) in [5, 5.41) is 13.2. The van der Waals surface area contributed by atoms with Gasteiger partial charge in [0.15, 0.2) is 0 Å². The number of nitrogens with zero attached hydrogens (tertiary/aromatic N) is 2. The Morgan fingerprint density at radius 2 is 1.77 bits per heavy atom. The van der Waals surface area contributed by atoms with Gasteiger partial charge in [-0.05, 0) is 42.5 Å². The van der Waals surface area contributed by atoms with Crippen molar-refractivity contribution >= 4 is 29.5 Å². The number of carboxylic acid groups (broad SMARTS) is 1. The van der Waals surface area contributed by atoms with E-state index >= 15 is 0 Å². The van der Waals surface area contributed by atoms with Crippen LogP contribution in [-0.2, 0) is 0 Å². The third kappa shape index (κ3) is 3.23. The van der Waals surface area contributed by atoms with E-state index < -0.39 is 11.9 Å². The van der Waals surface area contributed by atoms with Crippen molar-refractivity contribution in [1.29, 1.82) is 0 Å². The van der Waals surface area contributed by atoms with Crippen molar-refractivity contribution in [1.82, 2.24) is 5.32 Å². The molecule has 2 aromatic carbocycles. The zero-order chi connectivity index (χ0) is 15.7. The van der Waals surface area contributed by atoms with E-state index in [-0.39, 0.29) is 0 Å². The number of nitrogens with one attached hydrogen (secondary N) is 1. The van der Waals surface area contributed by atoms with E-state index in [1.54, 1.807) is 18.7 Å². The summed E-state index contributed by atoms with van der Waals surface area (Å²) >= 11 is 7.45. The number of benzene rings is 2. The number of fused-ring (bicyclic) bond motifs is 1. The van der Waals surface area contributed by atoms with Crippen LogP contribution in [-0.4, -0.2) is 17.0 Å². The number of halogens is 1. The minimum atomic E-state index is -1.16. The van der Waals surface area contributed by atoms with Crippen LogP contribution in [0.4, 0.5) is 4.79 Å². The van der Waals surface area contributed by atoms with Crippen molar-refractivity contribution < 1.29 is 9.90 Å². The molecule has 1 aliphatic heterocycles. The van der Waals surface area contributed by atoms with Crippen molar-refractivity contribution in [2.75, 3.05) is 0 Å². The third-order valence-electron chi connectivity index (χ3n) is 3.02. The SMILES string of the molecule is CC1(NC(=O)O)N=c2ccc(Sc3ccc(Cl)cc3)cc2=N1. The predicted molar refractivity (Wildman–Crippen MR) is 83.9 cm³/mol. The molecule has 1 aliphatic rings. The Labute approximate surface area is 135 Å². The normalized spacial score (nSPS) is 19.0. The Morgan fingerprint density at radius 1 is 1.14 bits per heavy atom. The van der Waals surface area contributed by atoms with E-state index in [2.05, 4.69) is 15.3 Å². The van der Waals surface area contributed by atoms with E-state index in [1.807, 2.05) is 42.5 Å². The van der Waals surface area contributed by atoms with Gasteiger partial charge in [0.05, 0.1) is 10.7 Å². The molecular weight excluding hydrogens is 322 g/mol. The molecule has 3 rings (SSSR count). The molecule has 0 saturated heterocycles. The highest BCUT2D eigenvalue weighted by atomic mass is 35.5. The van der Waals surface area contributed by atoms with Crippen molar-refractivity contribution in [2.45, 2.75) is 22.5 Å². The lowest BCUT2D eigenvalue weighted by Gasteiger charge is -2.16. The van der Waals surface area contributed by atoms with Gasteiger partial charge < -0.3 is 5.11 Å². The fourth-order valence-electron chi connectivity index (χ4n) is 2.14. The molecule has 0 radical (unpaired) electrons. The lowest BCUT2D eigenvalue weighted by molar-refractivity contribution is 0.182. The summed E-state index contributed by atoms with van der Waals surface area (Å²) < 4.78 is 0. The standard InChI is InChI=1S/C15H12ClN3O2S/c1-15(19-14(20)21)17-12-7-6-11(8-13(12)18-15)22-10-4-2-9(16)3-5-10/h2-8,19H,1H3,(H,20,21). The third-order valence-corrected chi connectivity index (χ3v) is 4.27. The molecule has 1 unspecified atom stereocenters. The highest BCUT2D eigenvalue weighted by Gasteiger charge is 2.26. The van der Waals surface area contributed by atoms with Crippen molar-refractivity contribution in [3.63, 3.8) is 0 Å². The second-order valence-corrected chi connectivity index (χ2v) is 6.46. The predicted octanol–water partition coefficient (Wildman–Crippen LogP) is 2.69. The minimum absolute atomic E-state index is 0.676. The fraction of sp³-hybridized carbons (Fsp3) is 0.133. The van der Waals surface area contributed by atoms with E-state index in [9.17, 15) is 4.79 Å². The minimum Gasteiger partial charge on any atom is -0.465 e. The molecule has 2 N–H and O–H groups in total. The van der Waals surface area contributed by atoms with E-state index in [1.165, 1.54) is 0 Å². The summed E-state index contributed by atoms with van der Waals surface area (Å²) in [6, 6.07) is 13.2. The zero-order valence-corrected chi connectivity index (χ0v) is 13.1. The first-order valence-electron chi connectivity index (χ1n) is 6.48. The first-order chi connectivity index (χ1) is 10.4. The topological polar surface area (TPSA) is 74.0 Å². The van der Waals surface area contributed by atoms with Gasteiger partial charge in [-0.1, -0.05) is 23.4 Å². The van der Waals surface area contributed by atoms with Crippen molar-refractivity contribution in [3.05, 3.63) is 58.2 Å². The number of hydrogen-bond donors (Lipinski definition) is 2. The summed E-state index contributed by atoms with van der Waals surface area (Å²) in [5.74, 6) is -1.16. The Hall–Kier alpha value is -2.05. The van der Waals surface area contributed by atoms with Gasteiger partial charge in [-0.3, -0.25) is 5.32 Å². The second-order valence-electron chi connectivity index (χ2n) is 4.88. The van der Waals surface area contributed by atoms with Crippen LogP contribution in [0.15, 0.2) is 62.2 Å². The van der Waals surface area contributed by atoms with Crippen LogP contribution in [0.3, 0.4) is 0 Å². The van der Waals surface area contributed by atoms with Crippen LogP contribution in [0, 0.1) is 0 Å². The maximum absolute atomic E-state index is 10.8. The number of hydrogen-bond acceptors (Lipinski definition) is 4. The Bertz CT molecular complexity index is 854. The zero-order valence-electron chi connectivity index (χ0n) is 11.6. The largest absolute Gasteiger partial charge is 0.465 e. The molecule has 0 aliphatic carbocycles. The Balaban J connectivity index is 1.89. The first kappa shape index (κ1) is 14.9. The molecule has 7 heteroatoms. The summed E-state index contributed by atoms with van der Waals surface area (Å²) in [6.45, 7) is 1.62. The summed E-state index contributed by atoms with van der Waals surface area (Å²) in [6.07, 6.45) is -1.15. The van der Waals surface area contributed by atoms with Crippen LogP contribution in [0.1, 0.15) is 6.92 Å². The average molecular weight is 334 g/mol. The van der Waals surface area contributed by atoms with Crippen LogP contribution in [0.2, 0.25) is 5.02 Å². The molecule has 22 heavy (non-hydrogen) atoms. The van der Waals surface area contributed by atoms with Gasteiger partial charge in [-0.25, -0.2) is 14.8 Å². The van der Waals surface area contributed by atoms with Gasteiger partial charge in [0.2, 0.25) is 5.79 Å². The average Bonchev–Trinajstić information content (AvgIpc) is 2.75. The summed E-state index contributed by atoms with van der Waals surface area (Å²) in [7, 11) is 0. The van der Waals surface area contributed by atoms with Gasteiger partial charge in [-0.2, -0.15) is 0 Å². The van der Waals surface area contributed by atoms with Gasteiger partial charge in [0.25, 0.3) is 0 Å². The lowest BCUT2D eigenvalue weighted by Crippen LogP contribution is -2.41. The molecule has 0 fully saturated rings. The quantitative estimate of drug-likeness (QED) is 0.907. The summed E-state index contributed by atoms with van der Waals surface area (Å²) in [5.41, 5.74) is 0. The molecule has 5 nitrogen and oxygen atoms in total. The summed E-state index contributed by atoms with van der Waals surface area (Å²) in [4.78, 5) is 21.5. The van der Waals surface area contributed by atoms with Crippen LogP contribution in [0.5, 0.6) is 0 Å². The molecule has 2 aromatic rings. The Kier molecular flexibility index (Phi) is 3.80. The molecule has 0 bridgehead atoms. The molecule has 0 spiro atoms. The van der Waals surface area contributed by atoms with Gasteiger partial charge >= 0.3 is 6.09 Å². The van der Waals surface area contributed by atoms with E-state index in [0.717, 1.165) is 9.79 Å². The van der Waals surface area contributed by atoms with E-state index in [0.29, 0.717) is 15.7 Å². The van der Waals surface area contributed by atoms with Crippen LogP contribution < -0.4 is 16.0 Å². The molecule has 0 saturated carbocycles. The number of rotatable bonds is 3. The van der Waals surface area contributed by atoms with Gasteiger partial charge in [0.1, 0.15) is 0 Å². The van der Waals surface area contributed by atoms with Crippen molar-refractivity contribution in [2.24, 2.45) is 9.98 Å². The smallest absolute Gasteiger partial charge is 0.408 e. The number of amides is 1. The van der Waals surface area contributed by atoms with Crippen LogP contribution in [0.25, 0.3) is 0 Å². The highest BCUT2D eigenvalue weighted by molar-refractivity contribution is 7.99. The van der Waals surface area contributed by atoms with Crippen LogP contribution >= 0.6 is 23.4 Å². The second kappa shape index (κ2) is 5.62. The molecular formula is C15H12ClN3O2S. The first-order valence-corrected chi connectivity index (χ1v) is 7.67. The van der Waals surface area contributed by atoms with Gasteiger partial charge in [0, 0.05) is 21.7 Å². The van der Waals surface area contributed by atoms with Crippen molar-refractivity contribution in [3.8, 4) is 0 Å². The number of carbonyl (C=O) groups is 1. The fourth-order valence-corrected chi connectivity index (χ4v) is 3.12. The van der Waals surface area contributed by atoms with E-state index in [4.69, 9.17) is 16.7 Å². The molecule has 1 amide bonds. The monoisotopic (exact) mass is 333 g/mol. The molecule has 0 aromatic heterocycles. The van der Waals surface area contributed by atoms with Gasteiger partial charge in [-0.15, -0.1) is 0 Å². The maximum atomic E-state index is 10.8. The molecule has 1 heterocycles. The molecule has 112 valence electrons. The Morgan fingerprint density at radius 3 is 2.45 bits per heavy atom. The maximum Gasteiger partial charge on any atom is 0.408 e. The molecule has 1 atom stereocenters. The highest BCUT2D eigenvalue weighted by Crippen LogP contribution is 2.27. The lowest BCUT2D eigenvalue weighted by atomic mass is 10.3.